The largest absolute Gasteiger partial charge is 0.433 e. The molecule has 1 aliphatic rings. The van der Waals surface area contributed by atoms with E-state index in [0.29, 0.717) is 27.4 Å². The van der Waals surface area contributed by atoms with E-state index in [0.717, 1.165) is 11.1 Å². The average Bonchev–Trinajstić information content (AvgIpc) is 3.18. The van der Waals surface area contributed by atoms with Crippen LogP contribution in [-0.4, -0.2) is 27.6 Å². The number of halogens is 5. The molecule has 1 amide bonds. The molecule has 0 aliphatic carbocycles. The van der Waals surface area contributed by atoms with Gasteiger partial charge in [0.1, 0.15) is 0 Å². The van der Waals surface area contributed by atoms with E-state index >= 15 is 0 Å². The van der Waals surface area contributed by atoms with Gasteiger partial charge in [0.15, 0.2) is 17.2 Å². The summed E-state index contributed by atoms with van der Waals surface area (Å²) in [6, 6.07) is 6.37. The molecule has 6 nitrogen and oxygen atoms in total. The summed E-state index contributed by atoms with van der Waals surface area (Å²) >= 11 is 0. The van der Waals surface area contributed by atoms with Crippen molar-refractivity contribution in [3.63, 3.8) is 0 Å². The Morgan fingerprint density at radius 3 is 2.57 bits per heavy atom. The molecular weight excluding hydrogens is 387 g/mol. The van der Waals surface area contributed by atoms with Crippen LogP contribution in [0.4, 0.5) is 27.6 Å². The van der Waals surface area contributed by atoms with Gasteiger partial charge < -0.3 is 0 Å². The molecule has 28 heavy (non-hydrogen) atoms. The number of anilines is 1. The van der Waals surface area contributed by atoms with Crippen molar-refractivity contribution in [2.45, 2.75) is 19.0 Å². The molecule has 3 heterocycles. The Kier molecular flexibility index (Phi) is 4.07. The average molecular weight is 398 g/mol. The summed E-state index contributed by atoms with van der Waals surface area (Å²) in [7, 11) is 1.34. The first kappa shape index (κ1) is 18.3. The predicted octanol–water partition coefficient (Wildman–Crippen LogP) is 3.80. The van der Waals surface area contributed by atoms with Gasteiger partial charge in [-0.25, -0.2) is 18.3 Å². The van der Waals surface area contributed by atoms with E-state index in [1.54, 1.807) is 12.1 Å². The molecule has 0 spiro atoms. The van der Waals surface area contributed by atoms with Crippen molar-refractivity contribution in [3.8, 4) is 11.4 Å². The maximum absolute atomic E-state index is 13.4. The predicted molar refractivity (Wildman–Crippen MR) is 86.6 cm³/mol. The number of amides is 1. The lowest BCUT2D eigenvalue weighted by molar-refractivity contribution is -0.144. The zero-order valence-electron chi connectivity index (χ0n) is 14.2. The first-order valence-corrected chi connectivity index (χ1v) is 7.96. The molecule has 0 atom stereocenters. The van der Waals surface area contributed by atoms with E-state index in [-0.39, 0.29) is 23.8 Å². The standard InChI is InChI=1S/C17H11F5N4O2/c1-28-26-11-4-2-8(6-9(11)7-13(26)27)16-23-12-5-3-10(15(18)19)14(17(20,21)22)25(12)24-16/h2-6,15H,7H2,1H3. The Hall–Kier alpha value is -3.08. The van der Waals surface area contributed by atoms with Gasteiger partial charge in [0.05, 0.1) is 19.2 Å². The van der Waals surface area contributed by atoms with Crippen molar-refractivity contribution in [3.05, 3.63) is 47.2 Å². The maximum Gasteiger partial charge on any atom is 0.433 e. The monoisotopic (exact) mass is 398 g/mol. The first-order valence-electron chi connectivity index (χ1n) is 7.96. The van der Waals surface area contributed by atoms with Gasteiger partial charge in [-0.05, 0) is 35.9 Å². The molecule has 2 aromatic heterocycles. The van der Waals surface area contributed by atoms with Crippen LogP contribution in [-0.2, 0) is 22.2 Å². The number of pyridine rings is 1. The molecule has 0 fully saturated rings. The Morgan fingerprint density at radius 2 is 1.93 bits per heavy atom. The normalized spacial score (nSPS) is 14.4. The van der Waals surface area contributed by atoms with Gasteiger partial charge in [0, 0.05) is 11.1 Å². The second-order valence-corrected chi connectivity index (χ2v) is 6.03. The number of carbonyl (C=O) groups is 1. The van der Waals surface area contributed by atoms with Crippen LogP contribution in [0.5, 0.6) is 0 Å². The smallest absolute Gasteiger partial charge is 0.272 e. The summed E-state index contributed by atoms with van der Waals surface area (Å²) in [5.74, 6) is -0.374. The lowest BCUT2D eigenvalue weighted by Crippen LogP contribution is -2.24. The Morgan fingerprint density at radius 1 is 1.18 bits per heavy atom. The first-order chi connectivity index (χ1) is 13.2. The minimum absolute atomic E-state index is 0.0493. The van der Waals surface area contributed by atoms with E-state index in [1.165, 1.54) is 13.2 Å². The van der Waals surface area contributed by atoms with E-state index in [1.807, 2.05) is 0 Å². The Labute approximate surface area is 154 Å². The van der Waals surface area contributed by atoms with Crippen LogP contribution in [0.25, 0.3) is 17.0 Å². The second kappa shape index (κ2) is 6.23. The highest BCUT2D eigenvalue weighted by Gasteiger charge is 2.39. The zero-order valence-corrected chi connectivity index (χ0v) is 14.2. The third-order valence-corrected chi connectivity index (χ3v) is 4.34. The number of hydrogen-bond acceptors (Lipinski definition) is 4. The van der Waals surface area contributed by atoms with Gasteiger partial charge in [-0.1, -0.05) is 0 Å². The number of fused-ring (bicyclic) bond motifs is 2. The fourth-order valence-electron chi connectivity index (χ4n) is 3.18. The highest BCUT2D eigenvalue weighted by atomic mass is 19.4. The minimum atomic E-state index is -5.04. The molecule has 3 aromatic rings. The van der Waals surface area contributed by atoms with Gasteiger partial charge in [0.2, 0.25) is 0 Å². The van der Waals surface area contributed by atoms with E-state index in [2.05, 4.69) is 10.1 Å². The number of benzene rings is 1. The van der Waals surface area contributed by atoms with Crippen LogP contribution in [0.1, 0.15) is 23.2 Å². The topological polar surface area (TPSA) is 59.7 Å². The molecule has 11 heteroatoms. The molecule has 1 aromatic carbocycles. The SMILES string of the molecule is CON1C(=O)Cc2cc(-c3nc4ccc(C(F)F)c(C(F)(F)F)n4n3)ccc21. The van der Waals surface area contributed by atoms with Crippen LogP contribution in [0.15, 0.2) is 30.3 Å². The number of hydrogen-bond donors (Lipinski definition) is 0. The molecule has 0 unspecified atom stereocenters. The van der Waals surface area contributed by atoms with Crippen LogP contribution in [0.3, 0.4) is 0 Å². The fraction of sp³-hybridized carbons (Fsp3) is 0.235. The lowest BCUT2D eigenvalue weighted by Gasteiger charge is -2.13. The minimum Gasteiger partial charge on any atom is -0.272 e. The van der Waals surface area contributed by atoms with Gasteiger partial charge in [0.25, 0.3) is 12.3 Å². The maximum atomic E-state index is 13.4. The van der Waals surface area contributed by atoms with Crippen molar-refractivity contribution < 1.29 is 31.6 Å². The van der Waals surface area contributed by atoms with Crippen LogP contribution < -0.4 is 5.06 Å². The molecule has 0 bridgehead atoms. The molecule has 0 saturated heterocycles. The van der Waals surface area contributed by atoms with Crippen molar-refractivity contribution in [1.29, 1.82) is 0 Å². The fourth-order valence-corrected chi connectivity index (χ4v) is 3.18. The molecule has 4 rings (SSSR count). The molecule has 146 valence electrons. The second-order valence-electron chi connectivity index (χ2n) is 6.03. The Balaban J connectivity index is 1.86. The van der Waals surface area contributed by atoms with Crippen molar-refractivity contribution in [2.75, 3.05) is 12.2 Å². The lowest BCUT2D eigenvalue weighted by atomic mass is 10.1. The number of rotatable bonds is 3. The number of alkyl halides is 5. The summed E-state index contributed by atoms with van der Waals surface area (Å²) in [4.78, 5) is 20.9. The van der Waals surface area contributed by atoms with Gasteiger partial charge >= 0.3 is 6.18 Å². The summed E-state index contributed by atoms with van der Waals surface area (Å²) in [5, 5.41) is 4.90. The molecule has 0 N–H and O–H groups in total. The summed E-state index contributed by atoms with van der Waals surface area (Å²) in [6.45, 7) is 0. The third kappa shape index (κ3) is 2.78. The van der Waals surface area contributed by atoms with Crippen LogP contribution in [0, 0.1) is 0 Å². The zero-order chi connectivity index (χ0) is 20.2. The van der Waals surface area contributed by atoms with Gasteiger partial charge in [-0.3, -0.25) is 9.63 Å². The summed E-state index contributed by atoms with van der Waals surface area (Å²) in [5.41, 5.74) is -1.52. The van der Waals surface area contributed by atoms with Gasteiger partial charge in [-0.2, -0.15) is 18.2 Å². The summed E-state index contributed by atoms with van der Waals surface area (Å²) < 4.78 is 66.6. The molecule has 0 radical (unpaired) electrons. The quantitative estimate of drug-likeness (QED) is 0.630. The molecule has 0 saturated carbocycles. The van der Waals surface area contributed by atoms with Crippen molar-refractivity contribution in [1.82, 2.24) is 14.6 Å². The molecule has 1 aliphatic heterocycles. The number of nitrogens with zero attached hydrogens (tertiary/aromatic N) is 4. The Bertz CT molecular complexity index is 1090. The number of hydroxylamine groups is 1. The van der Waals surface area contributed by atoms with Crippen molar-refractivity contribution >= 4 is 17.2 Å². The van der Waals surface area contributed by atoms with E-state index in [9.17, 15) is 26.7 Å². The van der Waals surface area contributed by atoms with E-state index in [4.69, 9.17) is 4.84 Å². The van der Waals surface area contributed by atoms with E-state index < -0.39 is 23.9 Å². The highest BCUT2D eigenvalue weighted by Crippen LogP contribution is 2.37. The molecular formula is C17H11F5N4O2. The number of aromatic nitrogens is 3. The number of carbonyl (C=O) groups excluding carboxylic acids is 1. The van der Waals surface area contributed by atoms with Crippen LogP contribution in [0.2, 0.25) is 0 Å². The van der Waals surface area contributed by atoms with Crippen molar-refractivity contribution in [2.24, 2.45) is 0 Å². The summed E-state index contributed by atoms with van der Waals surface area (Å²) in [6.07, 6.45) is -8.31. The van der Waals surface area contributed by atoms with Crippen LogP contribution >= 0.6 is 0 Å². The third-order valence-electron chi connectivity index (χ3n) is 4.34. The van der Waals surface area contributed by atoms with Gasteiger partial charge in [-0.15, -0.1) is 5.10 Å². The highest BCUT2D eigenvalue weighted by molar-refractivity contribution is 6.00.